The van der Waals surface area contributed by atoms with Gasteiger partial charge < -0.3 is 15.4 Å². The van der Waals surface area contributed by atoms with Gasteiger partial charge in [-0.3, -0.25) is 0 Å². The summed E-state index contributed by atoms with van der Waals surface area (Å²) >= 11 is 0. The number of hydrogen-bond donors (Lipinski definition) is 1. The first-order valence-corrected chi connectivity index (χ1v) is 7.89. The van der Waals surface area contributed by atoms with Gasteiger partial charge in [-0.15, -0.1) is 0 Å². The van der Waals surface area contributed by atoms with Crippen LogP contribution in [0.25, 0.3) is 0 Å². The van der Waals surface area contributed by atoms with Crippen molar-refractivity contribution in [1.82, 2.24) is 4.90 Å². The molecule has 1 heterocycles. The summed E-state index contributed by atoms with van der Waals surface area (Å²) in [6.07, 6.45) is 9.40. The van der Waals surface area contributed by atoms with Gasteiger partial charge in [-0.25, -0.2) is 0 Å². The van der Waals surface area contributed by atoms with Crippen LogP contribution in [0.15, 0.2) is 0 Å². The molecule has 2 N–H and O–H groups in total. The normalized spacial score (nSPS) is 34.7. The molecule has 0 aromatic carbocycles. The Kier molecular flexibility index (Phi) is 5.93. The standard InChI is InChI=1S/C15H30N2O/c1-2-10-18-14-7-5-9-17(12-14)11-13-6-3-4-8-15(13)16/h13-15H,2-12,16H2,1H3. The number of piperidine rings is 1. The van der Waals surface area contributed by atoms with E-state index in [1.165, 1.54) is 51.6 Å². The topological polar surface area (TPSA) is 38.5 Å². The zero-order chi connectivity index (χ0) is 12.8. The number of rotatable bonds is 5. The van der Waals surface area contributed by atoms with E-state index in [0.717, 1.165) is 25.5 Å². The van der Waals surface area contributed by atoms with Crippen LogP contribution < -0.4 is 5.73 Å². The molecule has 18 heavy (non-hydrogen) atoms. The molecule has 3 heteroatoms. The SMILES string of the molecule is CCCOC1CCCN(CC2CCCCC2N)C1. The van der Waals surface area contributed by atoms with Gasteiger partial charge in [0.15, 0.2) is 0 Å². The van der Waals surface area contributed by atoms with Crippen molar-refractivity contribution in [3.05, 3.63) is 0 Å². The van der Waals surface area contributed by atoms with Crippen LogP contribution in [-0.2, 0) is 4.74 Å². The number of hydrogen-bond acceptors (Lipinski definition) is 3. The Bertz CT molecular complexity index is 235. The molecule has 0 aromatic heterocycles. The maximum Gasteiger partial charge on any atom is 0.0702 e. The molecular formula is C15H30N2O. The molecule has 3 atom stereocenters. The first-order chi connectivity index (χ1) is 8.79. The summed E-state index contributed by atoms with van der Waals surface area (Å²) in [5.41, 5.74) is 6.25. The lowest BCUT2D eigenvalue weighted by atomic mass is 9.84. The number of nitrogens with two attached hydrogens (primary N) is 1. The lowest BCUT2D eigenvalue weighted by Gasteiger charge is -2.37. The van der Waals surface area contributed by atoms with Crippen LogP contribution in [0, 0.1) is 5.92 Å². The fraction of sp³-hybridized carbons (Fsp3) is 1.00. The van der Waals surface area contributed by atoms with E-state index in [1.807, 2.05) is 0 Å². The fourth-order valence-corrected chi connectivity index (χ4v) is 3.39. The van der Waals surface area contributed by atoms with Gasteiger partial charge in [0.1, 0.15) is 0 Å². The molecule has 3 nitrogen and oxygen atoms in total. The molecule has 3 unspecified atom stereocenters. The minimum atomic E-state index is 0.440. The van der Waals surface area contributed by atoms with Crippen molar-refractivity contribution in [2.24, 2.45) is 11.7 Å². The van der Waals surface area contributed by atoms with Gasteiger partial charge in [-0.05, 0) is 44.6 Å². The summed E-state index contributed by atoms with van der Waals surface area (Å²) in [5, 5.41) is 0. The average Bonchev–Trinajstić information content (AvgIpc) is 2.40. The molecule has 1 saturated carbocycles. The van der Waals surface area contributed by atoms with Crippen LogP contribution in [0.4, 0.5) is 0 Å². The summed E-state index contributed by atoms with van der Waals surface area (Å²) in [6.45, 7) is 6.68. The van der Waals surface area contributed by atoms with Gasteiger partial charge in [0.05, 0.1) is 6.10 Å². The first kappa shape index (κ1) is 14.3. The van der Waals surface area contributed by atoms with Gasteiger partial charge in [0.25, 0.3) is 0 Å². The monoisotopic (exact) mass is 254 g/mol. The molecule has 2 rings (SSSR count). The summed E-state index contributed by atoms with van der Waals surface area (Å²) in [5.74, 6) is 0.726. The Balaban J connectivity index is 1.74. The van der Waals surface area contributed by atoms with Crippen LogP contribution in [0.2, 0.25) is 0 Å². The smallest absolute Gasteiger partial charge is 0.0702 e. The molecule has 0 radical (unpaired) electrons. The predicted molar refractivity (Wildman–Crippen MR) is 75.6 cm³/mol. The molecule has 1 aliphatic carbocycles. The molecular weight excluding hydrogens is 224 g/mol. The molecule has 106 valence electrons. The Morgan fingerprint density at radius 2 is 2.00 bits per heavy atom. The first-order valence-electron chi connectivity index (χ1n) is 7.89. The number of nitrogens with zero attached hydrogens (tertiary/aromatic N) is 1. The van der Waals surface area contributed by atoms with E-state index in [2.05, 4.69) is 11.8 Å². The Morgan fingerprint density at radius 1 is 1.17 bits per heavy atom. The van der Waals surface area contributed by atoms with Crippen molar-refractivity contribution in [2.75, 3.05) is 26.2 Å². The fourth-order valence-electron chi connectivity index (χ4n) is 3.39. The molecule has 0 bridgehead atoms. The molecule has 1 aliphatic heterocycles. The van der Waals surface area contributed by atoms with Crippen LogP contribution in [0.5, 0.6) is 0 Å². The molecule has 0 spiro atoms. The van der Waals surface area contributed by atoms with E-state index in [1.54, 1.807) is 0 Å². The molecule has 1 saturated heterocycles. The lowest BCUT2D eigenvalue weighted by Crippen LogP contribution is -2.46. The zero-order valence-corrected chi connectivity index (χ0v) is 11.9. The third-order valence-electron chi connectivity index (χ3n) is 4.48. The van der Waals surface area contributed by atoms with Crippen molar-refractivity contribution in [1.29, 1.82) is 0 Å². The average molecular weight is 254 g/mol. The van der Waals surface area contributed by atoms with Crippen LogP contribution in [-0.4, -0.2) is 43.3 Å². The van der Waals surface area contributed by atoms with Gasteiger partial charge in [-0.2, -0.15) is 0 Å². The second-order valence-corrected chi connectivity index (χ2v) is 6.10. The Labute approximate surface area is 112 Å². The van der Waals surface area contributed by atoms with Crippen molar-refractivity contribution in [3.63, 3.8) is 0 Å². The molecule has 0 aromatic rings. The quantitative estimate of drug-likeness (QED) is 0.819. The summed E-state index contributed by atoms with van der Waals surface area (Å²) in [4.78, 5) is 2.60. The van der Waals surface area contributed by atoms with E-state index in [0.29, 0.717) is 12.1 Å². The molecule has 0 amide bonds. The maximum atomic E-state index is 6.25. The van der Waals surface area contributed by atoms with E-state index in [9.17, 15) is 0 Å². The van der Waals surface area contributed by atoms with Gasteiger partial charge in [0.2, 0.25) is 0 Å². The van der Waals surface area contributed by atoms with Crippen molar-refractivity contribution in [2.45, 2.75) is 64.0 Å². The maximum absolute atomic E-state index is 6.25. The second kappa shape index (κ2) is 7.46. The van der Waals surface area contributed by atoms with E-state index in [4.69, 9.17) is 10.5 Å². The van der Waals surface area contributed by atoms with E-state index < -0.39 is 0 Å². The zero-order valence-electron chi connectivity index (χ0n) is 11.9. The van der Waals surface area contributed by atoms with Crippen molar-refractivity contribution in [3.8, 4) is 0 Å². The summed E-state index contributed by atoms with van der Waals surface area (Å²) < 4.78 is 5.91. The van der Waals surface area contributed by atoms with Gasteiger partial charge >= 0.3 is 0 Å². The van der Waals surface area contributed by atoms with Crippen LogP contribution >= 0.6 is 0 Å². The highest BCUT2D eigenvalue weighted by molar-refractivity contribution is 4.83. The minimum Gasteiger partial charge on any atom is -0.377 e. The Morgan fingerprint density at radius 3 is 2.78 bits per heavy atom. The summed E-state index contributed by atoms with van der Waals surface area (Å²) in [6, 6.07) is 0.440. The highest BCUT2D eigenvalue weighted by Gasteiger charge is 2.27. The second-order valence-electron chi connectivity index (χ2n) is 6.10. The highest BCUT2D eigenvalue weighted by Crippen LogP contribution is 2.25. The van der Waals surface area contributed by atoms with Crippen molar-refractivity contribution >= 4 is 0 Å². The van der Waals surface area contributed by atoms with Gasteiger partial charge in [-0.1, -0.05) is 19.8 Å². The largest absolute Gasteiger partial charge is 0.377 e. The molecule has 2 aliphatic rings. The van der Waals surface area contributed by atoms with Crippen LogP contribution in [0.1, 0.15) is 51.9 Å². The third kappa shape index (κ3) is 4.22. The minimum absolute atomic E-state index is 0.440. The predicted octanol–water partition coefficient (Wildman–Crippen LogP) is 2.39. The third-order valence-corrected chi connectivity index (χ3v) is 4.48. The van der Waals surface area contributed by atoms with Gasteiger partial charge in [0, 0.05) is 25.7 Å². The van der Waals surface area contributed by atoms with E-state index >= 15 is 0 Å². The highest BCUT2D eigenvalue weighted by atomic mass is 16.5. The lowest BCUT2D eigenvalue weighted by molar-refractivity contribution is -0.00614. The van der Waals surface area contributed by atoms with E-state index in [-0.39, 0.29) is 0 Å². The number of likely N-dealkylation sites (tertiary alicyclic amines) is 1. The number of ether oxygens (including phenoxy) is 1. The van der Waals surface area contributed by atoms with Crippen LogP contribution in [0.3, 0.4) is 0 Å². The Hall–Kier alpha value is -0.120. The molecule has 2 fully saturated rings. The van der Waals surface area contributed by atoms with Crippen molar-refractivity contribution < 1.29 is 4.74 Å². The summed E-state index contributed by atoms with van der Waals surface area (Å²) in [7, 11) is 0.